The number of halogens is 1. The van der Waals surface area contributed by atoms with Gasteiger partial charge in [0, 0.05) is 47.6 Å². The van der Waals surface area contributed by atoms with Crippen LogP contribution in [0.3, 0.4) is 0 Å². The van der Waals surface area contributed by atoms with E-state index in [4.69, 9.17) is 16.3 Å². The minimum atomic E-state index is -1.44. The van der Waals surface area contributed by atoms with Crippen LogP contribution in [-0.2, 0) is 28.3 Å². The number of benzene rings is 2. The molecule has 1 heterocycles. The lowest BCUT2D eigenvalue weighted by Crippen LogP contribution is -2.33. The molecule has 8 heteroatoms. The Bertz CT molecular complexity index is 919. The number of hydrogen-bond donors (Lipinski definition) is 1. The number of ether oxygens (including phenoxy) is 1. The van der Waals surface area contributed by atoms with E-state index in [1.165, 1.54) is 5.56 Å². The first kappa shape index (κ1) is 21.0. The average Bonchev–Trinajstić information content (AvgIpc) is 3.41. The van der Waals surface area contributed by atoms with E-state index in [2.05, 4.69) is 21.8 Å². The molecule has 2 aromatic rings. The summed E-state index contributed by atoms with van der Waals surface area (Å²) in [5.74, 6) is 0.944. The lowest BCUT2D eigenvalue weighted by molar-refractivity contribution is 0.302. The minimum Gasteiger partial charge on any atom is -0.490 e. The Labute approximate surface area is 181 Å². The van der Waals surface area contributed by atoms with Crippen molar-refractivity contribution in [3.63, 3.8) is 0 Å². The molecule has 1 aliphatic carbocycles. The first-order valence-electron chi connectivity index (χ1n) is 9.77. The lowest BCUT2D eigenvalue weighted by Gasteiger charge is -2.17. The maximum absolute atomic E-state index is 12.8. The van der Waals surface area contributed by atoms with E-state index in [9.17, 15) is 8.42 Å². The number of nitrogens with one attached hydrogen (secondary N) is 1. The van der Waals surface area contributed by atoms with Crippen molar-refractivity contribution in [1.29, 1.82) is 0 Å². The van der Waals surface area contributed by atoms with Crippen molar-refractivity contribution in [2.24, 2.45) is 0 Å². The second-order valence-electron chi connectivity index (χ2n) is 7.61. The topological polar surface area (TPSA) is 58.6 Å². The second kappa shape index (κ2) is 9.27. The first-order chi connectivity index (χ1) is 14.0. The Balaban J connectivity index is 1.31. The maximum atomic E-state index is 12.8. The van der Waals surface area contributed by atoms with Gasteiger partial charge in [0.25, 0.3) is 0 Å². The molecule has 29 heavy (non-hydrogen) atoms. The van der Waals surface area contributed by atoms with Crippen molar-refractivity contribution in [2.75, 3.05) is 19.3 Å². The van der Waals surface area contributed by atoms with Crippen LogP contribution in [0.5, 0.6) is 5.75 Å². The van der Waals surface area contributed by atoms with Crippen LogP contribution in [0, 0.1) is 0 Å². The highest BCUT2D eigenvalue weighted by Gasteiger charge is 2.25. The third kappa shape index (κ3) is 5.67. The molecule has 4 rings (SSSR count). The summed E-state index contributed by atoms with van der Waals surface area (Å²) in [7, 11) is -2.57. The molecule has 5 nitrogen and oxygen atoms in total. The smallest absolute Gasteiger partial charge is 0.126 e. The Morgan fingerprint density at radius 1 is 1.14 bits per heavy atom. The van der Waals surface area contributed by atoms with Gasteiger partial charge in [0.05, 0.1) is 16.0 Å². The predicted molar refractivity (Wildman–Crippen MR) is 117 cm³/mol. The molecule has 1 saturated heterocycles. The summed E-state index contributed by atoms with van der Waals surface area (Å²) >= 11 is 6.21. The highest BCUT2D eigenvalue weighted by molar-refractivity contribution is 7.84. The molecule has 1 aliphatic heterocycles. The third-order valence-corrected chi connectivity index (χ3v) is 7.78. The summed E-state index contributed by atoms with van der Waals surface area (Å²) in [5, 5.41) is 0.424. The van der Waals surface area contributed by atoms with Crippen LogP contribution in [0.2, 0.25) is 5.02 Å². The van der Waals surface area contributed by atoms with Gasteiger partial charge in [0.2, 0.25) is 0 Å². The van der Waals surface area contributed by atoms with E-state index in [1.54, 1.807) is 24.5 Å². The molecule has 0 aromatic heterocycles. The molecule has 156 valence electrons. The highest BCUT2D eigenvalue weighted by Crippen LogP contribution is 2.27. The molecule has 0 amide bonds. The van der Waals surface area contributed by atoms with Gasteiger partial charge < -0.3 is 4.74 Å². The normalized spacial score (nSPS) is 21.8. The molecular weight excluding hydrogens is 428 g/mol. The van der Waals surface area contributed by atoms with Crippen LogP contribution in [-0.4, -0.2) is 44.8 Å². The van der Waals surface area contributed by atoms with Crippen molar-refractivity contribution >= 4 is 33.4 Å². The maximum Gasteiger partial charge on any atom is 0.126 e. The van der Waals surface area contributed by atoms with E-state index in [1.807, 2.05) is 12.1 Å². The fourth-order valence-electron chi connectivity index (χ4n) is 3.40. The zero-order valence-corrected chi connectivity index (χ0v) is 18.7. The summed E-state index contributed by atoms with van der Waals surface area (Å²) in [6.07, 6.45) is 5.27. The Morgan fingerprint density at radius 2 is 1.90 bits per heavy atom. The van der Waals surface area contributed by atoms with Crippen molar-refractivity contribution in [3.8, 4) is 5.75 Å². The zero-order chi connectivity index (χ0) is 20.4. The molecule has 0 spiro atoms. The molecule has 2 fully saturated rings. The van der Waals surface area contributed by atoms with Crippen molar-refractivity contribution in [1.82, 2.24) is 9.62 Å². The van der Waals surface area contributed by atoms with Gasteiger partial charge in [-0.2, -0.15) is 0 Å². The van der Waals surface area contributed by atoms with Crippen molar-refractivity contribution < 1.29 is 13.2 Å². The molecule has 3 atom stereocenters. The third-order valence-electron chi connectivity index (χ3n) is 5.14. The van der Waals surface area contributed by atoms with Crippen LogP contribution in [0.1, 0.15) is 24.8 Å². The van der Waals surface area contributed by atoms with Gasteiger partial charge in [0.1, 0.15) is 16.7 Å². The Hall–Kier alpha value is -1.25. The van der Waals surface area contributed by atoms with Gasteiger partial charge in [-0.05, 0) is 55.2 Å². The van der Waals surface area contributed by atoms with E-state index < -0.39 is 21.8 Å². The highest BCUT2D eigenvalue weighted by atomic mass is 35.5. The van der Waals surface area contributed by atoms with E-state index in [0.717, 1.165) is 44.6 Å². The number of likely N-dealkylation sites (tertiary alicyclic amines) is 1. The molecule has 3 unspecified atom stereocenters. The molecule has 1 N–H and O–H groups in total. The molecule has 1 saturated carbocycles. The summed E-state index contributed by atoms with van der Waals surface area (Å²) < 4.78 is 33.5. The Morgan fingerprint density at radius 3 is 2.59 bits per heavy atom. The van der Waals surface area contributed by atoms with Gasteiger partial charge in [0.15, 0.2) is 0 Å². The van der Waals surface area contributed by atoms with E-state index in [-0.39, 0.29) is 6.04 Å². The van der Waals surface area contributed by atoms with Gasteiger partial charge in [-0.1, -0.05) is 23.7 Å². The van der Waals surface area contributed by atoms with Gasteiger partial charge in [-0.25, -0.2) is 8.93 Å². The van der Waals surface area contributed by atoms with Crippen molar-refractivity contribution in [2.45, 2.75) is 47.7 Å². The molecule has 0 bridgehead atoms. The van der Waals surface area contributed by atoms with Crippen molar-refractivity contribution in [3.05, 3.63) is 53.1 Å². The van der Waals surface area contributed by atoms with Gasteiger partial charge in [-0.3, -0.25) is 9.11 Å². The molecule has 0 radical (unpaired) electrons. The molecule has 2 aromatic carbocycles. The standard InChI is InChI=1S/C21H25ClN2O3S2/c1-28(25)19-8-9-20(22)21(12-19)29(26)23-16-10-11-24(14-16)13-15-2-4-17(5-3-15)27-18-6-7-18/h2-5,8-9,12,16,18,23H,6-7,10-11,13-14H2,1H3. The van der Waals surface area contributed by atoms with Crippen LogP contribution < -0.4 is 9.46 Å². The fourth-order valence-corrected chi connectivity index (χ4v) is 5.45. The number of nitrogens with zero attached hydrogens (tertiary/aromatic N) is 1. The van der Waals surface area contributed by atoms with Gasteiger partial charge in [-0.15, -0.1) is 0 Å². The second-order valence-corrected chi connectivity index (χ2v) is 10.6. The quantitative estimate of drug-likeness (QED) is 0.665. The summed E-state index contributed by atoms with van der Waals surface area (Å²) in [6.45, 7) is 2.63. The summed E-state index contributed by atoms with van der Waals surface area (Å²) in [6, 6.07) is 13.5. The number of hydrogen-bond acceptors (Lipinski definition) is 4. The Kier molecular flexibility index (Phi) is 6.71. The van der Waals surface area contributed by atoms with Crippen LogP contribution in [0.25, 0.3) is 0 Å². The minimum absolute atomic E-state index is 0.125. The largest absolute Gasteiger partial charge is 0.490 e. The van der Waals surface area contributed by atoms with Crippen LogP contribution in [0.4, 0.5) is 0 Å². The number of rotatable bonds is 8. The lowest BCUT2D eigenvalue weighted by atomic mass is 10.2. The van der Waals surface area contributed by atoms with E-state index >= 15 is 0 Å². The molecule has 2 aliphatic rings. The van der Waals surface area contributed by atoms with Crippen LogP contribution >= 0.6 is 11.6 Å². The molecular formula is C21H25ClN2O3S2. The zero-order valence-electron chi connectivity index (χ0n) is 16.3. The SMILES string of the molecule is CS(=O)c1ccc(Cl)c(S(=O)NC2CCN(Cc3ccc(OC4CC4)cc3)C2)c1. The monoisotopic (exact) mass is 452 g/mol. The summed E-state index contributed by atoms with van der Waals surface area (Å²) in [5.41, 5.74) is 1.25. The predicted octanol–water partition coefficient (Wildman–Crippen LogP) is 3.51. The average molecular weight is 453 g/mol. The summed E-state index contributed by atoms with van der Waals surface area (Å²) in [4.78, 5) is 3.47. The van der Waals surface area contributed by atoms with E-state index in [0.29, 0.717) is 20.9 Å². The van der Waals surface area contributed by atoms with Crippen LogP contribution in [0.15, 0.2) is 52.3 Å². The fraction of sp³-hybridized carbons (Fsp3) is 0.429. The van der Waals surface area contributed by atoms with Gasteiger partial charge >= 0.3 is 0 Å². The first-order valence-corrected chi connectivity index (χ1v) is 12.9.